The molecule has 1 atom stereocenters. The smallest absolute Gasteiger partial charge is 0.307 e. The number of rotatable bonds is 4. The molecule has 3 nitrogen and oxygen atoms in total. The third kappa shape index (κ3) is 3.00. The number of ether oxygens (including phenoxy) is 1. The van der Waals surface area contributed by atoms with Crippen LogP contribution in [0.3, 0.4) is 0 Å². The molecule has 0 aliphatic carbocycles. The maximum atomic E-state index is 13.4. The zero-order chi connectivity index (χ0) is 12.1. The van der Waals surface area contributed by atoms with Gasteiger partial charge in [-0.2, -0.15) is 0 Å². The van der Waals surface area contributed by atoms with Crippen LogP contribution in [0.2, 0.25) is 0 Å². The van der Waals surface area contributed by atoms with Gasteiger partial charge in [-0.3, -0.25) is 4.79 Å². The number of halogens is 2. The van der Waals surface area contributed by atoms with Gasteiger partial charge in [0.1, 0.15) is 11.6 Å². The minimum Gasteiger partial charge on any atom is -0.469 e. The third-order valence-corrected chi connectivity index (χ3v) is 2.28. The highest BCUT2D eigenvalue weighted by atomic mass is 19.1. The lowest BCUT2D eigenvalue weighted by molar-refractivity contribution is -0.141. The summed E-state index contributed by atoms with van der Waals surface area (Å²) in [4.78, 5) is 11.1. The highest BCUT2D eigenvalue weighted by molar-refractivity contribution is 5.70. The van der Waals surface area contributed by atoms with Gasteiger partial charge in [0, 0.05) is 11.6 Å². The summed E-state index contributed by atoms with van der Waals surface area (Å²) in [6, 6.07) is 2.54. The molecule has 0 saturated carbocycles. The maximum Gasteiger partial charge on any atom is 0.307 e. The summed E-state index contributed by atoms with van der Waals surface area (Å²) in [6.07, 6.45) is -0.0482. The quantitative estimate of drug-likeness (QED) is 0.800. The second-order valence-electron chi connectivity index (χ2n) is 3.29. The standard InChI is InChI=1S/C11H13F2NO2/c1-14-10(6-11(15)16-2)8-5-7(12)3-4-9(8)13/h3-5,10,14H,6H2,1-2H3. The van der Waals surface area contributed by atoms with Crippen molar-refractivity contribution in [3.05, 3.63) is 35.4 Å². The monoisotopic (exact) mass is 229 g/mol. The fourth-order valence-corrected chi connectivity index (χ4v) is 1.40. The van der Waals surface area contributed by atoms with Crippen LogP contribution in [0, 0.1) is 11.6 Å². The first-order valence-corrected chi connectivity index (χ1v) is 4.77. The Hall–Kier alpha value is -1.49. The number of hydrogen-bond donors (Lipinski definition) is 1. The Morgan fingerprint density at radius 2 is 2.19 bits per heavy atom. The molecule has 1 aromatic carbocycles. The largest absolute Gasteiger partial charge is 0.469 e. The van der Waals surface area contributed by atoms with Crippen LogP contribution in [0.5, 0.6) is 0 Å². The number of nitrogens with one attached hydrogen (secondary N) is 1. The van der Waals surface area contributed by atoms with Gasteiger partial charge < -0.3 is 10.1 Å². The van der Waals surface area contributed by atoms with E-state index in [1.54, 1.807) is 7.05 Å². The Morgan fingerprint density at radius 1 is 1.50 bits per heavy atom. The summed E-state index contributed by atoms with van der Waals surface area (Å²) in [6.45, 7) is 0. The molecular weight excluding hydrogens is 216 g/mol. The van der Waals surface area contributed by atoms with E-state index < -0.39 is 23.6 Å². The summed E-state index contributed by atoms with van der Waals surface area (Å²) in [5.74, 6) is -1.57. The van der Waals surface area contributed by atoms with Crippen molar-refractivity contribution in [1.29, 1.82) is 0 Å². The van der Waals surface area contributed by atoms with Crippen molar-refractivity contribution in [2.24, 2.45) is 0 Å². The topological polar surface area (TPSA) is 38.3 Å². The minimum atomic E-state index is -0.594. The molecule has 0 aromatic heterocycles. The average molecular weight is 229 g/mol. The second kappa shape index (κ2) is 5.55. The number of esters is 1. The molecule has 0 aliphatic heterocycles. The molecule has 0 aliphatic rings. The molecule has 0 saturated heterocycles. The molecule has 0 heterocycles. The first-order chi connectivity index (χ1) is 7.58. The fourth-order valence-electron chi connectivity index (χ4n) is 1.40. The number of carbonyl (C=O) groups excluding carboxylic acids is 1. The SMILES string of the molecule is CNC(CC(=O)OC)c1cc(F)ccc1F. The van der Waals surface area contributed by atoms with Crippen molar-refractivity contribution in [3.8, 4) is 0 Å². The van der Waals surface area contributed by atoms with E-state index in [9.17, 15) is 13.6 Å². The van der Waals surface area contributed by atoms with Crippen LogP contribution in [0.25, 0.3) is 0 Å². The van der Waals surface area contributed by atoms with Crippen LogP contribution < -0.4 is 5.32 Å². The summed E-state index contributed by atoms with van der Waals surface area (Å²) in [5.41, 5.74) is 0.118. The molecule has 1 unspecified atom stereocenters. The highest BCUT2D eigenvalue weighted by Crippen LogP contribution is 2.21. The Bertz CT molecular complexity index is 382. The van der Waals surface area contributed by atoms with E-state index in [2.05, 4.69) is 10.1 Å². The van der Waals surface area contributed by atoms with E-state index >= 15 is 0 Å². The van der Waals surface area contributed by atoms with Gasteiger partial charge in [0.2, 0.25) is 0 Å². The van der Waals surface area contributed by atoms with Crippen molar-refractivity contribution >= 4 is 5.97 Å². The molecule has 0 amide bonds. The number of hydrogen-bond acceptors (Lipinski definition) is 3. The van der Waals surface area contributed by atoms with E-state index in [4.69, 9.17) is 0 Å². The van der Waals surface area contributed by atoms with Crippen LogP contribution in [0.1, 0.15) is 18.0 Å². The Balaban J connectivity index is 2.94. The minimum absolute atomic E-state index is 0.0482. The van der Waals surface area contributed by atoms with E-state index in [1.165, 1.54) is 7.11 Å². The number of methoxy groups -OCH3 is 1. The van der Waals surface area contributed by atoms with Crippen molar-refractivity contribution in [3.63, 3.8) is 0 Å². The Kier molecular flexibility index (Phi) is 4.37. The van der Waals surface area contributed by atoms with E-state index in [-0.39, 0.29) is 12.0 Å². The van der Waals surface area contributed by atoms with Gasteiger partial charge in [-0.1, -0.05) is 0 Å². The molecule has 16 heavy (non-hydrogen) atoms. The van der Waals surface area contributed by atoms with Crippen LogP contribution in [-0.2, 0) is 9.53 Å². The molecule has 1 N–H and O–H groups in total. The zero-order valence-corrected chi connectivity index (χ0v) is 9.09. The van der Waals surface area contributed by atoms with Gasteiger partial charge in [0.05, 0.1) is 13.5 Å². The first kappa shape index (κ1) is 12.6. The van der Waals surface area contributed by atoms with Crippen LogP contribution in [0.4, 0.5) is 8.78 Å². The predicted molar refractivity (Wildman–Crippen MR) is 54.8 cm³/mol. The predicted octanol–water partition coefficient (Wildman–Crippen LogP) is 1.79. The molecule has 0 spiro atoms. The van der Waals surface area contributed by atoms with E-state index in [1.807, 2.05) is 0 Å². The van der Waals surface area contributed by atoms with Crippen molar-refractivity contribution in [1.82, 2.24) is 5.32 Å². The fraction of sp³-hybridized carbons (Fsp3) is 0.364. The van der Waals surface area contributed by atoms with Crippen LogP contribution in [-0.4, -0.2) is 20.1 Å². The van der Waals surface area contributed by atoms with Crippen LogP contribution >= 0.6 is 0 Å². The van der Waals surface area contributed by atoms with Crippen molar-refractivity contribution < 1.29 is 18.3 Å². The third-order valence-electron chi connectivity index (χ3n) is 2.28. The van der Waals surface area contributed by atoms with Crippen molar-refractivity contribution in [2.45, 2.75) is 12.5 Å². The van der Waals surface area contributed by atoms with Gasteiger partial charge in [0.25, 0.3) is 0 Å². The lowest BCUT2D eigenvalue weighted by atomic mass is 10.0. The Morgan fingerprint density at radius 3 is 2.75 bits per heavy atom. The molecule has 5 heteroatoms. The van der Waals surface area contributed by atoms with Gasteiger partial charge >= 0.3 is 5.97 Å². The first-order valence-electron chi connectivity index (χ1n) is 4.77. The molecule has 0 radical (unpaired) electrons. The maximum absolute atomic E-state index is 13.4. The average Bonchev–Trinajstić information content (AvgIpc) is 2.29. The van der Waals surface area contributed by atoms with Crippen molar-refractivity contribution in [2.75, 3.05) is 14.2 Å². The highest BCUT2D eigenvalue weighted by Gasteiger charge is 2.18. The summed E-state index contributed by atoms with van der Waals surface area (Å²) in [7, 11) is 2.81. The number of carbonyl (C=O) groups is 1. The zero-order valence-electron chi connectivity index (χ0n) is 9.09. The van der Waals surface area contributed by atoms with Crippen LogP contribution in [0.15, 0.2) is 18.2 Å². The lowest BCUT2D eigenvalue weighted by Gasteiger charge is -2.15. The number of benzene rings is 1. The van der Waals surface area contributed by atoms with E-state index in [0.717, 1.165) is 18.2 Å². The van der Waals surface area contributed by atoms with E-state index in [0.29, 0.717) is 0 Å². The molecule has 0 fully saturated rings. The normalized spacial score (nSPS) is 12.2. The molecular formula is C11H13F2NO2. The van der Waals surface area contributed by atoms with Gasteiger partial charge in [-0.05, 0) is 25.2 Å². The molecule has 1 aromatic rings. The summed E-state index contributed by atoms with van der Waals surface area (Å²) in [5, 5.41) is 2.74. The Labute approximate surface area is 92.4 Å². The lowest BCUT2D eigenvalue weighted by Crippen LogP contribution is -2.21. The molecule has 1 rings (SSSR count). The second-order valence-corrected chi connectivity index (χ2v) is 3.29. The van der Waals surface area contributed by atoms with Gasteiger partial charge in [0.15, 0.2) is 0 Å². The summed E-state index contributed by atoms with van der Waals surface area (Å²) < 4.78 is 30.8. The molecule has 0 bridgehead atoms. The van der Waals surface area contributed by atoms with Gasteiger partial charge in [-0.25, -0.2) is 8.78 Å². The summed E-state index contributed by atoms with van der Waals surface area (Å²) >= 11 is 0. The van der Waals surface area contributed by atoms with Gasteiger partial charge in [-0.15, -0.1) is 0 Å². The molecule has 88 valence electrons.